The third kappa shape index (κ3) is 4.61. The van der Waals surface area contributed by atoms with Crippen LogP contribution in [0.1, 0.15) is 51.7 Å². The van der Waals surface area contributed by atoms with Crippen LogP contribution in [0.2, 0.25) is 0 Å². The van der Waals surface area contributed by atoms with Crippen LogP contribution in [0.25, 0.3) is 0 Å². The van der Waals surface area contributed by atoms with Crippen LogP contribution in [0.5, 0.6) is 11.5 Å². The van der Waals surface area contributed by atoms with Gasteiger partial charge in [-0.2, -0.15) is 0 Å². The van der Waals surface area contributed by atoms with Crippen molar-refractivity contribution in [3.8, 4) is 11.5 Å². The summed E-state index contributed by atoms with van der Waals surface area (Å²) in [5.41, 5.74) is 7.73. The van der Waals surface area contributed by atoms with Gasteiger partial charge >= 0.3 is 6.09 Å². The van der Waals surface area contributed by atoms with Crippen LogP contribution in [-0.4, -0.2) is 54.2 Å². The van der Waals surface area contributed by atoms with Gasteiger partial charge in [-0.25, -0.2) is 10.2 Å². The molecule has 0 aromatic heterocycles. The number of nitrogens with zero attached hydrogens (tertiary/aromatic N) is 1. The summed E-state index contributed by atoms with van der Waals surface area (Å²) in [5.74, 6) is 1.19. The van der Waals surface area contributed by atoms with Crippen molar-refractivity contribution in [2.45, 2.75) is 76.1 Å². The van der Waals surface area contributed by atoms with E-state index < -0.39 is 12.1 Å². The first-order valence-corrected chi connectivity index (χ1v) is 11.9. The highest BCUT2D eigenvalue weighted by Gasteiger charge is 2.62. The molecule has 4 aliphatic rings. The molecule has 35 heavy (non-hydrogen) atoms. The van der Waals surface area contributed by atoms with Crippen LogP contribution in [0.4, 0.5) is 4.79 Å². The molecule has 2 amide bonds. The second-order valence-electron chi connectivity index (χ2n) is 10.9. The van der Waals surface area contributed by atoms with E-state index in [4.69, 9.17) is 9.47 Å². The van der Waals surface area contributed by atoms with E-state index in [9.17, 15) is 9.59 Å². The zero-order chi connectivity index (χ0) is 23.5. The smallest absolute Gasteiger partial charge is 0.413 e. The Hall–Kier alpha value is -2.00. The Morgan fingerprint density at radius 3 is 2.71 bits per heavy atom. The summed E-state index contributed by atoms with van der Waals surface area (Å²) in [6, 6.07) is 3.62. The first-order chi connectivity index (χ1) is 15.6. The lowest BCUT2D eigenvalue weighted by Crippen LogP contribution is -2.62. The van der Waals surface area contributed by atoms with Gasteiger partial charge in [0.15, 0.2) is 11.5 Å². The summed E-state index contributed by atoms with van der Waals surface area (Å²) in [4.78, 5) is 27.4. The minimum Gasteiger partial charge on any atom is -0.485 e. The Morgan fingerprint density at radius 2 is 2.00 bits per heavy atom. The molecule has 5 rings (SSSR count). The zero-order valence-corrected chi connectivity index (χ0v) is 22.5. The monoisotopic (exact) mass is 526 g/mol. The van der Waals surface area contributed by atoms with Crippen LogP contribution in [0.15, 0.2) is 24.3 Å². The number of carbonyl (C=O) groups excluding carboxylic acids is 2. The van der Waals surface area contributed by atoms with Crippen molar-refractivity contribution in [1.82, 2.24) is 21.1 Å². The number of nitrogens with one attached hydrogen (secondary N) is 3. The van der Waals surface area contributed by atoms with E-state index in [0.717, 1.165) is 25.8 Å². The number of likely N-dealkylation sites (tertiary alicyclic amines) is 1. The minimum atomic E-state index is -0.760. The molecule has 2 aliphatic carbocycles. The number of halogens is 2. The van der Waals surface area contributed by atoms with Gasteiger partial charge in [-0.15, -0.1) is 24.8 Å². The topological polar surface area (TPSA) is 91.9 Å². The van der Waals surface area contributed by atoms with Gasteiger partial charge in [-0.3, -0.25) is 10.2 Å². The number of amides is 2. The van der Waals surface area contributed by atoms with E-state index in [2.05, 4.69) is 46.3 Å². The first-order valence-electron chi connectivity index (χ1n) is 11.9. The molecule has 8 nitrogen and oxygen atoms in total. The summed E-state index contributed by atoms with van der Waals surface area (Å²) >= 11 is 0. The van der Waals surface area contributed by atoms with Crippen LogP contribution in [-0.2, 0) is 16.6 Å². The molecule has 10 heteroatoms. The fraction of sp³-hybridized carbons (Fsp3) is 0.600. The average molecular weight is 527 g/mol. The van der Waals surface area contributed by atoms with Gasteiger partial charge in [0, 0.05) is 34.9 Å². The molecule has 3 N–H and O–H groups in total. The van der Waals surface area contributed by atoms with Gasteiger partial charge in [0.25, 0.3) is 5.91 Å². The molecule has 2 heterocycles. The Kier molecular flexibility index (Phi) is 7.73. The van der Waals surface area contributed by atoms with Crippen LogP contribution in [0.3, 0.4) is 0 Å². The number of likely N-dealkylation sites (N-methyl/N-ethyl adjacent to an activating group) is 1. The van der Waals surface area contributed by atoms with Crippen LogP contribution >= 0.6 is 24.8 Å². The predicted molar refractivity (Wildman–Crippen MR) is 139 cm³/mol. The molecular weight excluding hydrogens is 491 g/mol. The molecule has 0 radical (unpaired) electrons. The summed E-state index contributed by atoms with van der Waals surface area (Å²) in [5, 5.41) is 2.62. The molecular formula is C25H36Cl2N4O4. The Bertz CT molecular complexity index is 1030. The van der Waals surface area contributed by atoms with E-state index in [-0.39, 0.29) is 47.8 Å². The van der Waals surface area contributed by atoms with Gasteiger partial charge in [-0.05, 0) is 65.8 Å². The Balaban J connectivity index is 0.00000171. The van der Waals surface area contributed by atoms with Crippen molar-refractivity contribution in [1.29, 1.82) is 0 Å². The molecule has 1 fully saturated rings. The van der Waals surface area contributed by atoms with Crippen molar-refractivity contribution in [2.75, 3.05) is 13.6 Å². The molecule has 3 unspecified atom stereocenters. The number of carbonyl (C=O) groups is 2. The molecule has 2 aliphatic heterocycles. The predicted octanol–water partition coefficient (Wildman–Crippen LogP) is 3.26. The zero-order valence-electron chi connectivity index (χ0n) is 20.8. The van der Waals surface area contributed by atoms with Crippen molar-refractivity contribution < 1.29 is 19.1 Å². The lowest BCUT2D eigenvalue weighted by Gasteiger charge is -2.55. The molecule has 194 valence electrons. The van der Waals surface area contributed by atoms with Crippen molar-refractivity contribution in [3.63, 3.8) is 0 Å². The largest absolute Gasteiger partial charge is 0.485 e. The number of ether oxygens (including phenoxy) is 2. The SMILES string of the molecule is CC(NC(=O)Oc1ccc2c3c1O[C@H]1CC=CC4C(C2)N(C)CC[C@@]341)C(=O)NNC(C)(C)C.Cl.Cl. The Morgan fingerprint density at radius 1 is 1.26 bits per heavy atom. The highest BCUT2D eigenvalue weighted by Crippen LogP contribution is 2.62. The van der Waals surface area contributed by atoms with Crippen molar-refractivity contribution in [3.05, 3.63) is 35.4 Å². The minimum absolute atomic E-state index is 0. The number of benzene rings is 1. The number of hydrazine groups is 1. The molecule has 1 aromatic rings. The van der Waals surface area contributed by atoms with Gasteiger partial charge < -0.3 is 19.7 Å². The van der Waals surface area contributed by atoms with E-state index in [1.54, 1.807) is 6.92 Å². The standard InChI is InChI=1S/C25H34N4O4.2ClH/c1-14(22(30)27-28-24(2,3)4)26-23(31)32-18-10-9-15-13-17-16-7-6-8-19-25(16,11-12-29(17)5)20(15)21(18)33-19;;/h6-7,9-10,14,16-17,19,28H,8,11-13H2,1-5H3,(H,26,31)(H,27,30);2*1H/t14?,16?,17?,19-,25+;;/m0../s1. The highest BCUT2D eigenvalue weighted by atomic mass is 35.5. The maximum atomic E-state index is 12.7. The van der Waals surface area contributed by atoms with Gasteiger partial charge in [0.2, 0.25) is 0 Å². The van der Waals surface area contributed by atoms with Crippen LogP contribution < -0.4 is 25.6 Å². The molecule has 1 saturated heterocycles. The third-order valence-corrected chi connectivity index (χ3v) is 7.58. The van der Waals surface area contributed by atoms with Gasteiger partial charge in [0.05, 0.1) is 0 Å². The molecule has 1 aromatic carbocycles. The lowest BCUT2D eigenvalue weighted by atomic mass is 9.54. The third-order valence-electron chi connectivity index (χ3n) is 7.58. The number of rotatable bonds is 4. The summed E-state index contributed by atoms with van der Waals surface area (Å²) in [7, 11) is 2.22. The summed E-state index contributed by atoms with van der Waals surface area (Å²) < 4.78 is 12.2. The van der Waals surface area contributed by atoms with Crippen LogP contribution in [0, 0.1) is 5.92 Å². The molecule has 5 atom stereocenters. The quantitative estimate of drug-likeness (QED) is 0.412. The van der Waals surface area contributed by atoms with E-state index in [1.165, 1.54) is 11.1 Å². The highest BCUT2D eigenvalue weighted by molar-refractivity contribution is 5.86. The number of hydrogen-bond acceptors (Lipinski definition) is 6. The van der Waals surface area contributed by atoms with Crippen molar-refractivity contribution >= 4 is 36.8 Å². The fourth-order valence-electron chi connectivity index (χ4n) is 6.01. The second-order valence-corrected chi connectivity index (χ2v) is 10.9. The fourth-order valence-corrected chi connectivity index (χ4v) is 6.01. The maximum absolute atomic E-state index is 12.7. The first kappa shape index (κ1) is 27.6. The molecule has 1 spiro atoms. The second kappa shape index (κ2) is 9.81. The Labute approximate surface area is 219 Å². The van der Waals surface area contributed by atoms with Gasteiger partial charge in [-0.1, -0.05) is 18.2 Å². The number of hydrogen-bond donors (Lipinski definition) is 3. The van der Waals surface area contributed by atoms with E-state index >= 15 is 0 Å². The van der Waals surface area contributed by atoms with E-state index in [1.807, 2.05) is 26.8 Å². The summed E-state index contributed by atoms with van der Waals surface area (Å²) in [6.45, 7) is 8.45. The normalized spacial score (nSPS) is 28.4. The average Bonchev–Trinajstić information content (AvgIpc) is 3.09. The maximum Gasteiger partial charge on any atom is 0.413 e. The molecule has 0 saturated carbocycles. The lowest BCUT2D eigenvalue weighted by molar-refractivity contribution is -0.124. The van der Waals surface area contributed by atoms with E-state index in [0.29, 0.717) is 23.5 Å². The van der Waals surface area contributed by atoms with Gasteiger partial charge in [0.1, 0.15) is 12.1 Å². The van der Waals surface area contributed by atoms with Crippen molar-refractivity contribution in [2.24, 2.45) is 5.92 Å². The summed E-state index contributed by atoms with van der Waals surface area (Å²) in [6.07, 6.45) is 6.89. The number of piperidine rings is 1. The molecule has 2 bridgehead atoms.